The van der Waals surface area contributed by atoms with Crippen molar-refractivity contribution in [1.82, 2.24) is 19.9 Å². The summed E-state index contributed by atoms with van der Waals surface area (Å²) in [6.07, 6.45) is -0.323. The van der Waals surface area contributed by atoms with Crippen molar-refractivity contribution < 1.29 is 15.0 Å². The van der Waals surface area contributed by atoms with Crippen LogP contribution in [0.15, 0.2) is 24.3 Å². The molecule has 0 radical (unpaired) electrons. The average Bonchev–Trinajstić information content (AvgIpc) is 2.90. The Morgan fingerprint density at radius 3 is 2.76 bits per heavy atom. The van der Waals surface area contributed by atoms with E-state index < -0.39 is 6.09 Å². The zero-order valence-corrected chi connectivity index (χ0v) is 11.4. The molecule has 1 aliphatic rings. The number of rotatable bonds is 3. The lowest BCUT2D eigenvalue weighted by molar-refractivity contribution is 0.139. The van der Waals surface area contributed by atoms with Gasteiger partial charge in [-0.15, -0.1) is 5.10 Å². The highest BCUT2D eigenvalue weighted by Gasteiger charge is 2.25. The minimum Gasteiger partial charge on any atom is -0.465 e. The van der Waals surface area contributed by atoms with Gasteiger partial charge in [0.2, 0.25) is 0 Å². The molecule has 0 saturated heterocycles. The van der Waals surface area contributed by atoms with E-state index >= 15 is 0 Å². The van der Waals surface area contributed by atoms with Crippen molar-refractivity contribution in [3.63, 3.8) is 0 Å². The molecule has 21 heavy (non-hydrogen) atoms. The second kappa shape index (κ2) is 5.53. The highest BCUT2D eigenvalue weighted by atomic mass is 16.4. The van der Waals surface area contributed by atoms with Crippen molar-refractivity contribution >= 4 is 6.09 Å². The van der Waals surface area contributed by atoms with Gasteiger partial charge in [-0.1, -0.05) is 29.5 Å². The summed E-state index contributed by atoms with van der Waals surface area (Å²) >= 11 is 0. The molecule has 1 aromatic carbocycles. The molecule has 0 aliphatic carbocycles. The van der Waals surface area contributed by atoms with Crippen molar-refractivity contribution in [3.05, 3.63) is 46.8 Å². The summed E-state index contributed by atoms with van der Waals surface area (Å²) in [5.41, 5.74) is 3.54. The molecule has 3 rings (SSSR count). The molecule has 2 heterocycles. The number of aliphatic hydroxyl groups excluding tert-OH is 1. The van der Waals surface area contributed by atoms with Crippen LogP contribution < -0.4 is 0 Å². The first-order chi connectivity index (χ1) is 10.2. The van der Waals surface area contributed by atoms with E-state index in [4.69, 9.17) is 5.11 Å². The first kappa shape index (κ1) is 13.6. The molecule has 1 aromatic heterocycles. The van der Waals surface area contributed by atoms with Gasteiger partial charge in [-0.2, -0.15) is 0 Å². The number of aliphatic hydroxyl groups is 1. The summed E-state index contributed by atoms with van der Waals surface area (Å²) in [5.74, 6) is 0. The Kier molecular flexibility index (Phi) is 3.57. The molecule has 7 heteroatoms. The third-order valence-electron chi connectivity index (χ3n) is 3.76. The fraction of sp³-hybridized carbons (Fsp3) is 0.357. The monoisotopic (exact) mass is 288 g/mol. The number of aromatic nitrogens is 3. The van der Waals surface area contributed by atoms with Gasteiger partial charge < -0.3 is 15.1 Å². The SMILES string of the molecule is O=C(O)N1CCc2c(nnn2Cc2ccccc2CO)C1. The molecule has 0 unspecified atom stereocenters. The first-order valence-electron chi connectivity index (χ1n) is 6.76. The summed E-state index contributed by atoms with van der Waals surface area (Å²) in [7, 11) is 0. The number of carbonyl (C=O) groups is 1. The van der Waals surface area contributed by atoms with Crippen LogP contribution in [-0.2, 0) is 26.1 Å². The van der Waals surface area contributed by atoms with Crippen molar-refractivity contribution in [2.75, 3.05) is 6.54 Å². The second-order valence-electron chi connectivity index (χ2n) is 5.02. The normalized spacial score (nSPS) is 14.0. The van der Waals surface area contributed by atoms with Crippen LogP contribution in [0.4, 0.5) is 4.79 Å². The van der Waals surface area contributed by atoms with Gasteiger partial charge in [-0.3, -0.25) is 0 Å². The molecule has 0 atom stereocenters. The van der Waals surface area contributed by atoms with Gasteiger partial charge in [0.1, 0.15) is 5.69 Å². The van der Waals surface area contributed by atoms with Crippen molar-refractivity contribution in [1.29, 1.82) is 0 Å². The van der Waals surface area contributed by atoms with Crippen LogP contribution in [0, 0.1) is 0 Å². The van der Waals surface area contributed by atoms with Crippen LogP contribution >= 0.6 is 0 Å². The molecular formula is C14H16N4O3. The van der Waals surface area contributed by atoms with Crippen LogP contribution in [0.2, 0.25) is 0 Å². The Labute approximate surface area is 121 Å². The standard InChI is InChI=1S/C14H16N4O3/c19-9-11-4-2-1-3-10(11)7-18-13-5-6-17(14(20)21)8-12(13)15-16-18/h1-4,19H,5-9H2,(H,20,21). The number of carboxylic acid groups (broad SMARTS) is 1. The maximum atomic E-state index is 11.0. The molecule has 1 amide bonds. The van der Waals surface area contributed by atoms with Gasteiger partial charge in [-0.05, 0) is 11.1 Å². The lowest BCUT2D eigenvalue weighted by atomic mass is 10.1. The molecule has 0 fully saturated rings. The third-order valence-corrected chi connectivity index (χ3v) is 3.76. The van der Waals surface area contributed by atoms with Crippen molar-refractivity contribution in [3.8, 4) is 0 Å². The summed E-state index contributed by atoms with van der Waals surface area (Å²) < 4.78 is 1.79. The molecule has 1 aliphatic heterocycles. The van der Waals surface area contributed by atoms with Crippen molar-refractivity contribution in [2.24, 2.45) is 0 Å². The van der Waals surface area contributed by atoms with E-state index in [-0.39, 0.29) is 13.2 Å². The van der Waals surface area contributed by atoms with Gasteiger partial charge in [0.25, 0.3) is 0 Å². The summed E-state index contributed by atoms with van der Waals surface area (Å²) in [6.45, 7) is 1.26. The van der Waals surface area contributed by atoms with Crippen molar-refractivity contribution in [2.45, 2.75) is 26.1 Å². The fourth-order valence-electron chi connectivity index (χ4n) is 2.58. The highest BCUT2D eigenvalue weighted by Crippen LogP contribution is 2.18. The lowest BCUT2D eigenvalue weighted by Crippen LogP contribution is -2.35. The van der Waals surface area contributed by atoms with Crippen LogP contribution in [-0.4, -0.2) is 42.7 Å². The van der Waals surface area contributed by atoms with E-state index in [0.717, 1.165) is 16.8 Å². The first-order valence-corrected chi connectivity index (χ1v) is 6.76. The molecule has 2 N–H and O–H groups in total. The van der Waals surface area contributed by atoms with Gasteiger partial charge in [0.05, 0.1) is 25.4 Å². The van der Waals surface area contributed by atoms with E-state index in [2.05, 4.69) is 10.3 Å². The zero-order chi connectivity index (χ0) is 14.8. The molecule has 2 aromatic rings. The maximum Gasteiger partial charge on any atom is 0.407 e. The molecule has 110 valence electrons. The molecule has 0 saturated carbocycles. The quantitative estimate of drug-likeness (QED) is 0.874. The van der Waals surface area contributed by atoms with E-state index in [1.807, 2.05) is 24.3 Å². The third kappa shape index (κ3) is 2.59. The van der Waals surface area contributed by atoms with Gasteiger partial charge >= 0.3 is 6.09 Å². The van der Waals surface area contributed by atoms with Gasteiger partial charge in [0.15, 0.2) is 0 Å². The highest BCUT2D eigenvalue weighted by molar-refractivity contribution is 5.65. The Morgan fingerprint density at radius 2 is 2.05 bits per heavy atom. The van der Waals surface area contributed by atoms with Crippen LogP contribution in [0.1, 0.15) is 22.5 Å². The Hall–Kier alpha value is -2.41. The zero-order valence-electron chi connectivity index (χ0n) is 11.4. The van der Waals surface area contributed by atoms with Crippen LogP contribution in [0.25, 0.3) is 0 Å². The molecule has 7 nitrogen and oxygen atoms in total. The summed E-state index contributed by atoms with van der Waals surface area (Å²) in [4.78, 5) is 12.3. The number of hydrogen-bond donors (Lipinski definition) is 2. The Balaban J connectivity index is 1.84. The lowest BCUT2D eigenvalue weighted by Gasteiger charge is -2.23. The van der Waals surface area contributed by atoms with Crippen LogP contribution in [0.3, 0.4) is 0 Å². The number of hydrogen-bond acceptors (Lipinski definition) is 4. The predicted molar refractivity (Wildman–Crippen MR) is 73.6 cm³/mol. The predicted octanol–water partition coefficient (Wildman–Crippen LogP) is 0.855. The van der Waals surface area contributed by atoms with E-state index in [1.165, 1.54) is 4.90 Å². The van der Waals surface area contributed by atoms with Crippen LogP contribution in [0.5, 0.6) is 0 Å². The number of fused-ring (bicyclic) bond motifs is 1. The largest absolute Gasteiger partial charge is 0.465 e. The number of amides is 1. The minimum absolute atomic E-state index is 0.0140. The fourth-order valence-corrected chi connectivity index (χ4v) is 2.58. The smallest absolute Gasteiger partial charge is 0.407 e. The minimum atomic E-state index is -0.930. The Morgan fingerprint density at radius 1 is 1.29 bits per heavy atom. The Bertz CT molecular complexity index is 668. The summed E-state index contributed by atoms with van der Waals surface area (Å²) in [5, 5.41) is 26.6. The molecular weight excluding hydrogens is 272 g/mol. The van der Waals surface area contributed by atoms with Gasteiger partial charge in [-0.25, -0.2) is 9.48 Å². The average molecular weight is 288 g/mol. The maximum absolute atomic E-state index is 11.0. The van der Waals surface area contributed by atoms with E-state index in [9.17, 15) is 9.90 Å². The number of benzene rings is 1. The molecule has 0 spiro atoms. The van der Waals surface area contributed by atoms with E-state index in [1.54, 1.807) is 4.68 Å². The number of nitrogens with zero attached hydrogens (tertiary/aromatic N) is 4. The summed E-state index contributed by atoms with van der Waals surface area (Å²) in [6, 6.07) is 7.64. The topological polar surface area (TPSA) is 91.5 Å². The van der Waals surface area contributed by atoms with Gasteiger partial charge in [0, 0.05) is 13.0 Å². The van der Waals surface area contributed by atoms with E-state index in [0.29, 0.717) is 25.2 Å². The molecule has 0 bridgehead atoms. The second-order valence-corrected chi connectivity index (χ2v) is 5.02.